The van der Waals surface area contributed by atoms with Crippen LogP contribution in [0.25, 0.3) is 87.4 Å². The Morgan fingerprint density at radius 1 is 0.362 bits per heavy atom. The van der Waals surface area contributed by atoms with Crippen LogP contribution in [0.1, 0.15) is 0 Å². The Kier molecular flexibility index (Phi) is 6.61. The molecular weight excluding hydrogens is 593 g/mol. The maximum absolute atomic E-state index is 5.09. The van der Waals surface area contributed by atoms with Crippen LogP contribution >= 0.6 is 11.3 Å². The predicted molar refractivity (Wildman–Crippen MR) is 195 cm³/mol. The molecule has 4 nitrogen and oxygen atoms in total. The van der Waals surface area contributed by atoms with Crippen molar-refractivity contribution in [1.29, 1.82) is 0 Å². The van der Waals surface area contributed by atoms with Crippen molar-refractivity contribution in [3.05, 3.63) is 158 Å². The summed E-state index contributed by atoms with van der Waals surface area (Å²) < 4.78 is 2.43. The van der Waals surface area contributed by atoms with Gasteiger partial charge < -0.3 is 0 Å². The summed E-state index contributed by atoms with van der Waals surface area (Å²) in [4.78, 5) is 19.5. The molecule has 0 aliphatic carbocycles. The van der Waals surface area contributed by atoms with E-state index in [4.69, 9.17) is 15.0 Å². The minimum atomic E-state index is 0.644. The Morgan fingerprint density at radius 3 is 1.53 bits per heavy atom. The lowest BCUT2D eigenvalue weighted by atomic mass is 9.99. The first-order valence-electron chi connectivity index (χ1n) is 15.5. The van der Waals surface area contributed by atoms with Gasteiger partial charge in [0.1, 0.15) is 0 Å². The lowest BCUT2D eigenvalue weighted by Crippen LogP contribution is -2.00. The maximum atomic E-state index is 5.09. The minimum Gasteiger partial charge on any atom is -0.263 e. The van der Waals surface area contributed by atoms with Gasteiger partial charge in [0, 0.05) is 49.9 Å². The quantitative estimate of drug-likeness (QED) is 0.193. The monoisotopic (exact) mass is 618 g/mol. The van der Waals surface area contributed by atoms with Crippen molar-refractivity contribution in [2.45, 2.75) is 0 Å². The normalized spacial score (nSPS) is 11.4. The Morgan fingerprint density at radius 2 is 0.872 bits per heavy atom. The molecule has 9 aromatic rings. The van der Waals surface area contributed by atoms with E-state index in [2.05, 4.69) is 114 Å². The maximum Gasteiger partial charge on any atom is 0.164 e. The predicted octanol–water partition coefficient (Wildman–Crippen LogP) is 11.1. The molecule has 0 saturated heterocycles. The van der Waals surface area contributed by atoms with Gasteiger partial charge in [0.25, 0.3) is 0 Å². The van der Waals surface area contributed by atoms with Crippen molar-refractivity contribution in [3.8, 4) is 56.4 Å². The SMILES string of the molecule is c1ccc(-c2ccc(-c3ccc(-c4nc(-c5ccccc5)nc(-c5cccc6c5ccc5c7ccncc7sc65)n4)cc3)cc2)cc1. The Hall–Kier alpha value is -6.04. The lowest BCUT2D eigenvalue weighted by molar-refractivity contribution is 1.08. The lowest BCUT2D eigenvalue weighted by Gasteiger charge is -2.11. The molecule has 0 saturated carbocycles. The number of thiophene rings is 1. The molecule has 0 N–H and O–H groups in total. The Balaban J connectivity index is 1.14. The van der Waals surface area contributed by atoms with Gasteiger partial charge in [0.05, 0.1) is 4.70 Å². The molecule has 0 fully saturated rings. The summed E-state index contributed by atoms with van der Waals surface area (Å²) >= 11 is 1.78. The van der Waals surface area contributed by atoms with E-state index in [9.17, 15) is 0 Å². The zero-order chi connectivity index (χ0) is 31.2. The highest BCUT2D eigenvalue weighted by atomic mass is 32.1. The highest BCUT2D eigenvalue weighted by Crippen LogP contribution is 2.40. The largest absolute Gasteiger partial charge is 0.263 e. The molecule has 3 aromatic heterocycles. The van der Waals surface area contributed by atoms with Gasteiger partial charge in [-0.3, -0.25) is 4.98 Å². The van der Waals surface area contributed by atoms with Crippen LogP contribution in [-0.2, 0) is 0 Å². The van der Waals surface area contributed by atoms with Crippen LogP contribution in [0.4, 0.5) is 0 Å². The van der Waals surface area contributed by atoms with Gasteiger partial charge in [-0.05, 0) is 33.7 Å². The van der Waals surface area contributed by atoms with Crippen LogP contribution < -0.4 is 0 Å². The first-order valence-corrected chi connectivity index (χ1v) is 16.4. The molecule has 0 aliphatic heterocycles. The number of pyridine rings is 1. The number of hydrogen-bond acceptors (Lipinski definition) is 5. The molecule has 0 radical (unpaired) electrons. The second kappa shape index (κ2) is 11.4. The standard InChI is InChI=1S/C42H26N4S/c1-3-8-27(9-4-1)28-14-16-29(17-15-28)30-18-20-32(21-19-30)41-44-40(31-10-5-2-6-11-31)45-42(46-41)37-13-7-12-35-33(37)22-23-36-34-24-25-43-26-38(34)47-39(35)36/h1-26H. The van der Waals surface area contributed by atoms with E-state index in [0.717, 1.165) is 33.2 Å². The van der Waals surface area contributed by atoms with Crippen LogP contribution in [0.5, 0.6) is 0 Å². The van der Waals surface area contributed by atoms with Gasteiger partial charge in [-0.2, -0.15) is 0 Å². The van der Waals surface area contributed by atoms with Gasteiger partial charge in [0.15, 0.2) is 17.5 Å². The zero-order valence-corrected chi connectivity index (χ0v) is 26.0. The Bertz CT molecular complexity index is 2540. The zero-order valence-electron chi connectivity index (χ0n) is 25.2. The third kappa shape index (κ3) is 4.94. The van der Waals surface area contributed by atoms with Crippen LogP contribution in [0.3, 0.4) is 0 Å². The fraction of sp³-hybridized carbons (Fsp3) is 0. The van der Waals surface area contributed by atoms with Gasteiger partial charge in [-0.1, -0.05) is 140 Å². The van der Waals surface area contributed by atoms with Crippen LogP contribution in [0.2, 0.25) is 0 Å². The number of aromatic nitrogens is 4. The van der Waals surface area contributed by atoms with Crippen molar-refractivity contribution >= 4 is 42.3 Å². The Labute approximate surface area is 275 Å². The molecule has 9 rings (SSSR count). The summed E-state index contributed by atoms with van der Waals surface area (Å²) in [5.74, 6) is 1.95. The number of rotatable bonds is 5. The minimum absolute atomic E-state index is 0.644. The molecule has 47 heavy (non-hydrogen) atoms. The van der Waals surface area contributed by atoms with Crippen molar-refractivity contribution in [1.82, 2.24) is 19.9 Å². The summed E-state index contributed by atoms with van der Waals surface area (Å²) in [7, 11) is 0. The molecule has 0 unspecified atom stereocenters. The molecule has 220 valence electrons. The average molecular weight is 619 g/mol. The number of hydrogen-bond donors (Lipinski definition) is 0. The van der Waals surface area contributed by atoms with Gasteiger partial charge in [-0.25, -0.2) is 15.0 Å². The van der Waals surface area contributed by atoms with Crippen molar-refractivity contribution in [2.24, 2.45) is 0 Å². The molecule has 0 spiro atoms. The molecule has 0 amide bonds. The highest BCUT2D eigenvalue weighted by molar-refractivity contribution is 7.26. The van der Waals surface area contributed by atoms with Crippen molar-refractivity contribution in [2.75, 3.05) is 0 Å². The fourth-order valence-electron chi connectivity index (χ4n) is 6.28. The molecule has 0 bridgehead atoms. The molecule has 5 heteroatoms. The average Bonchev–Trinajstić information content (AvgIpc) is 3.55. The summed E-state index contributed by atoms with van der Waals surface area (Å²) in [5, 5.41) is 4.78. The van der Waals surface area contributed by atoms with E-state index in [0.29, 0.717) is 17.5 Å². The summed E-state index contributed by atoms with van der Waals surface area (Å²) in [6, 6.07) is 50.7. The number of nitrogens with zero attached hydrogens (tertiary/aromatic N) is 4. The highest BCUT2D eigenvalue weighted by Gasteiger charge is 2.16. The van der Waals surface area contributed by atoms with E-state index >= 15 is 0 Å². The molecule has 6 aromatic carbocycles. The third-order valence-electron chi connectivity index (χ3n) is 8.68. The van der Waals surface area contributed by atoms with E-state index in [-0.39, 0.29) is 0 Å². The fourth-order valence-corrected chi connectivity index (χ4v) is 7.48. The van der Waals surface area contributed by atoms with Crippen molar-refractivity contribution < 1.29 is 0 Å². The molecule has 0 aliphatic rings. The van der Waals surface area contributed by atoms with Gasteiger partial charge >= 0.3 is 0 Å². The van der Waals surface area contributed by atoms with Crippen molar-refractivity contribution in [3.63, 3.8) is 0 Å². The summed E-state index contributed by atoms with van der Waals surface area (Å²) in [6.07, 6.45) is 3.81. The summed E-state index contributed by atoms with van der Waals surface area (Å²) in [6.45, 7) is 0. The molecular formula is C42H26N4S. The first kappa shape index (κ1) is 27.3. The van der Waals surface area contributed by atoms with E-state index in [1.54, 1.807) is 11.3 Å². The topological polar surface area (TPSA) is 51.6 Å². The smallest absolute Gasteiger partial charge is 0.164 e. The van der Waals surface area contributed by atoms with E-state index < -0.39 is 0 Å². The van der Waals surface area contributed by atoms with E-state index in [1.165, 1.54) is 36.7 Å². The number of benzene rings is 6. The summed E-state index contributed by atoms with van der Waals surface area (Å²) in [5.41, 5.74) is 7.60. The van der Waals surface area contributed by atoms with Gasteiger partial charge in [-0.15, -0.1) is 11.3 Å². The molecule has 3 heterocycles. The van der Waals surface area contributed by atoms with Crippen LogP contribution in [0.15, 0.2) is 158 Å². The van der Waals surface area contributed by atoms with Crippen LogP contribution in [0, 0.1) is 0 Å². The van der Waals surface area contributed by atoms with Gasteiger partial charge in [0.2, 0.25) is 0 Å². The second-order valence-corrected chi connectivity index (χ2v) is 12.6. The second-order valence-electron chi connectivity index (χ2n) is 11.5. The number of fused-ring (bicyclic) bond motifs is 5. The molecule has 0 atom stereocenters. The third-order valence-corrected chi connectivity index (χ3v) is 9.86. The van der Waals surface area contributed by atoms with Crippen LogP contribution in [-0.4, -0.2) is 19.9 Å². The van der Waals surface area contributed by atoms with E-state index in [1.807, 2.05) is 48.8 Å². The first-order chi connectivity index (χ1) is 23.3.